The zero-order chi connectivity index (χ0) is 11.4. The van der Waals surface area contributed by atoms with Gasteiger partial charge in [0.1, 0.15) is 0 Å². The lowest BCUT2D eigenvalue weighted by atomic mass is 10.2. The molecule has 0 unspecified atom stereocenters. The van der Waals surface area contributed by atoms with Gasteiger partial charge in [-0.1, -0.05) is 11.6 Å². The number of hydrogen-bond acceptors (Lipinski definition) is 2. The molecular weight excluding hydrogens is 259 g/mol. The summed E-state index contributed by atoms with van der Waals surface area (Å²) in [4.78, 5) is 15.6. The number of carbonyl (C=O) groups excluding carboxylic acids is 1. The Morgan fingerprint density at radius 2 is 1.65 bits per heavy atom. The maximum absolute atomic E-state index is 11.7. The minimum absolute atomic E-state index is 0. The van der Waals surface area contributed by atoms with Crippen molar-refractivity contribution in [2.75, 3.05) is 5.32 Å². The van der Waals surface area contributed by atoms with Gasteiger partial charge in [-0.3, -0.25) is 9.78 Å². The SMILES string of the molecule is Cl.O=C(Nc1ccc(Cl)cc1)c1ccncc1. The van der Waals surface area contributed by atoms with E-state index in [4.69, 9.17) is 11.6 Å². The lowest BCUT2D eigenvalue weighted by Crippen LogP contribution is -2.11. The second-order valence-corrected chi connectivity index (χ2v) is 3.63. The molecule has 17 heavy (non-hydrogen) atoms. The summed E-state index contributed by atoms with van der Waals surface area (Å²) < 4.78 is 0. The van der Waals surface area contributed by atoms with Crippen molar-refractivity contribution in [1.82, 2.24) is 4.98 Å². The lowest BCUT2D eigenvalue weighted by Gasteiger charge is -2.04. The number of halogens is 2. The lowest BCUT2D eigenvalue weighted by molar-refractivity contribution is 0.102. The Balaban J connectivity index is 0.00000144. The highest BCUT2D eigenvalue weighted by molar-refractivity contribution is 6.30. The van der Waals surface area contributed by atoms with Gasteiger partial charge in [0.05, 0.1) is 0 Å². The van der Waals surface area contributed by atoms with Crippen LogP contribution in [0.2, 0.25) is 5.02 Å². The van der Waals surface area contributed by atoms with Gasteiger partial charge in [0, 0.05) is 28.7 Å². The predicted molar refractivity (Wildman–Crippen MR) is 70.9 cm³/mol. The van der Waals surface area contributed by atoms with Gasteiger partial charge < -0.3 is 5.32 Å². The summed E-state index contributed by atoms with van der Waals surface area (Å²) in [7, 11) is 0. The van der Waals surface area contributed by atoms with Crippen LogP contribution in [0.4, 0.5) is 5.69 Å². The van der Waals surface area contributed by atoms with Crippen LogP contribution < -0.4 is 5.32 Å². The Morgan fingerprint density at radius 3 is 2.24 bits per heavy atom. The summed E-state index contributed by atoms with van der Waals surface area (Å²) in [5, 5.41) is 3.40. The summed E-state index contributed by atoms with van der Waals surface area (Å²) in [6, 6.07) is 10.3. The van der Waals surface area contributed by atoms with Gasteiger partial charge in [0.15, 0.2) is 0 Å². The van der Waals surface area contributed by atoms with Crippen LogP contribution in [0.25, 0.3) is 0 Å². The van der Waals surface area contributed by atoms with Crippen LogP contribution in [0.5, 0.6) is 0 Å². The number of aromatic nitrogens is 1. The number of pyridine rings is 1. The normalized spacial score (nSPS) is 9.24. The van der Waals surface area contributed by atoms with E-state index >= 15 is 0 Å². The smallest absolute Gasteiger partial charge is 0.255 e. The molecule has 0 atom stereocenters. The average molecular weight is 269 g/mol. The van der Waals surface area contributed by atoms with Crippen LogP contribution in [0.3, 0.4) is 0 Å². The van der Waals surface area contributed by atoms with Crippen molar-refractivity contribution in [2.24, 2.45) is 0 Å². The van der Waals surface area contributed by atoms with E-state index in [1.54, 1.807) is 48.8 Å². The number of amides is 1. The van der Waals surface area contributed by atoms with Gasteiger partial charge in [-0.05, 0) is 36.4 Å². The van der Waals surface area contributed by atoms with Gasteiger partial charge >= 0.3 is 0 Å². The average Bonchev–Trinajstić information content (AvgIpc) is 2.33. The topological polar surface area (TPSA) is 42.0 Å². The molecule has 0 fully saturated rings. The van der Waals surface area contributed by atoms with E-state index in [2.05, 4.69) is 10.3 Å². The summed E-state index contributed by atoms with van der Waals surface area (Å²) in [5.74, 6) is -0.162. The van der Waals surface area contributed by atoms with Crippen molar-refractivity contribution in [3.8, 4) is 0 Å². The van der Waals surface area contributed by atoms with E-state index in [1.807, 2.05) is 0 Å². The fraction of sp³-hybridized carbons (Fsp3) is 0. The first-order chi connectivity index (χ1) is 7.75. The third-order valence-electron chi connectivity index (χ3n) is 2.04. The largest absolute Gasteiger partial charge is 0.322 e. The second kappa shape index (κ2) is 6.23. The highest BCUT2D eigenvalue weighted by atomic mass is 35.5. The maximum Gasteiger partial charge on any atom is 0.255 e. The molecule has 2 aromatic rings. The van der Waals surface area contributed by atoms with E-state index in [1.165, 1.54) is 0 Å². The van der Waals surface area contributed by atoms with Crippen molar-refractivity contribution >= 4 is 35.6 Å². The molecule has 0 spiro atoms. The van der Waals surface area contributed by atoms with E-state index in [0.29, 0.717) is 16.3 Å². The maximum atomic E-state index is 11.7. The van der Waals surface area contributed by atoms with Crippen LogP contribution >= 0.6 is 24.0 Å². The fourth-order valence-corrected chi connectivity index (χ4v) is 1.37. The predicted octanol–water partition coefficient (Wildman–Crippen LogP) is 3.41. The zero-order valence-corrected chi connectivity index (χ0v) is 10.3. The Bertz CT molecular complexity index is 486. The molecule has 88 valence electrons. The molecule has 0 saturated heterocycles. The van der Waals surface area contributed by atoms with Crippen LogP contribution in [-0.4, -0.2) is 10.9 Å². The molecule has 1 N–H and O–H groups in total. The first-order valence-corrected chi connectivity index (χ1v) is 5.10. The van der Waals surface area contributed by atoms with Gasteiger partial charge in [-0.25, -0.2) is 0 Å². The molecule has 3 nitrogen and oxygen atoms in total. The minimum atomic E-state index is -0.162. The molecule has 5 heteroatoms. The Kier molecular flexibility index (Phi) is 4.94. The zero-order valence-electron chi connectivity index (χ0n) is 8.76. The van der Waals surface area contributed by atoms with Crippen LogP contribution in [0.15, 0.2) is 48.8 Å². The Morgan fingerprint density at radius 1 is 1.06 bits per heavy atom. The molecule has 0 saturated carbocycles. The monoisotopic (exact) mass is 268 g/mol. The van der Waals surface area contributed by atoms with Crippen molar-refractivity contribution < 1.29 is 4.79 Å². The number of benzene rings is 1. The van der Waals surface area contributed by atoms with Gasteiger partial charge in [0.25, 0.3) is 5.91 Å². The van der Waals surface area contributed by atoms with Crippen molar-refractivity contribution in [3.63, 3.8) is 0 Å². The number of hydrogen-bond donors (Lipinski definition) is 1. The first kappa shape index (κ1) is 13.5. The summed E-state index contributed by atoms with van der Waals surface area (Å²) in [5.41, 5.74) is 1.29. The van der Waals surface area contributed by atoms with Gasteiger partial charge in [-0.2, -0.15) is 0 Å². The van der Waals surface area contributed by atoms with E-state index < -0.39 is 0 Å². The number of carbonyl (C=O) groups is 1. The van der Waals surface area contributed by atoms with Crippen molar-refractivity contribution in [3.05, 3.63) is 59.4 Å². The molecule has 2 rings (SSSR count). The first-order valence-electron chi connectivity index (χ1n) is 4.72. The number of nitrogens with zero attached hydrogens (tertiary/aromatic N) is 1. The third kappa shape index (κ3) is 3.73. The van der Waals surface area contributed by atoms with Crippen molar-refractivity contribution in [1.29, 1.82) is 0 Å². The van der Waals surface area contributed by atoms with Crippen LogP contribution in [-0.2, 0) is 0 Å². The molecular formula is C12H10Cl2N2O. The van der Waals surface area contributed by atoms with Gasteiger partial charge in [0.2, 0.25) is 0 Å². The highest BCUT2D eigenvalue weighted by Gasteiger charge is 2.04. The minimum Gasteiger partial charge on any atom is -0.322 e. The standard InChI is InChI=1S/C12H9ClN2O.ClH/c13-10-1-3-11(4-2-10)15-12(16)9-5-7-14-8-6-9;/h1-8H,(H,15,16);1H. The molecule has 0 aliphatic carbocycles. The summed E-state index contributed by atoms with van der Waals surface area (Å²) in [6.45, 7) is 0. The molecule has 0 aliphatic rings. The fourth-order valence-electron chi connectivity index (χ4n) is 1.24. The molecule has 1 aromatic carbocycles. The number of anilines is 1. The molecule has 1 heterocycles. The molecule has 1 amide bonds. The summed E-state index contributed by atoms with van der Waals surface area (Å²) in [6.07, 6.45) is 3.16. The second-order valence-electron chi connectivity index (χ2n) is 3.20. The van der Waals surface area contributed by atoms with Crippen LogP contribution in [0, 0.1) is 0 Å². The number of nitrogens with one attached hydrogen (secondary N) is 1. The Hall–Kier alpha value is -1.58. The molecule has 1 aromatic heterocycles. The highest BCUT2D eigenvalue weighted by Crippen LogP contribution is 2.14. The number of rotatable bonds is 2. The van der Waals surface area contributed by atoms with E-state index in [9.17, 15) is 4.79 Å². The quantitative estimate of drug-likeness (QED) is 0.907. The van der Waals surface area contributed by atoms with E-state index in [0.717, 1.165) is 0 Å². The van der Waals surface area contributed by atoms with Crippen molar-refractivity contribution in [2.45, 2.75) is 0 Å². The molecule has 0 radical (unpaired) electrons. The third-order valence-corrected chi connectivity index (χ3v) is 2.30. The summed E-state index contributed by atoms with van der Waals surface area (Å²) >= 11 is 5.74. The molecule has 0 aliphatic heterocycles. The van der Waals surface area contributed by atoms with E-state index in [-0.39, 0.29) is 18.3 Å². The van der Waals surface area contributed by atoms with Gasteiger partial charge in [-0.15, -0.1) is 12.4 Å². The van der Waals surface area contributed by atoms with Crippen LogP contribution in [0.1, 0.15) is 10.4 Å². The Labute approximate surface area is 110 Å². The molecule has 0 bridgehead atoms.